The van der Waals surface area contributed by atoms with Gasteiger partial charge in [0.2, 0.25) is 5.95 Å². The number of aromatic nitrogens is 2. The monoisotopic (exact) mass is 553 g/mol. The van der Waals surface area contributed by atoms with E-state index in [0.717, 1.165) is 50.4 Å². The maximum absolute atomic E-state index is 11.6. The molecule has 4 N–H and O–H groups in total. The van der Waals surface area contributed by atoms with Crippen LogP contribution in [-0.4, -0.2) is 68.1 Å². The van der Waals surface area contributed by atoms with Crippen molar-refractivity contribution >= 4 is 47.9 Å². The molecule has 9 nitrogen and oxygen atoms in total. The number of anilines is 5. The molecule has 1 fully saturated rings. The number of nitrogens with one attached hydrogen (secondary N) is 2. The summed E-state index contributed by atoms with van der Waals surface area (Å²) in [5.74, 6) is 0.907. The summed E-state index contributed by atoms with van der Waals surface area (Å²) in [7, 11) is 3.84. The van der Waals surface area contributed by atoms with Crippen LogP contribution in [0, 0.1) is 0 Å². The fourth-order valence-electron chi connectivity index (χ4n) is 3.79. The normalized spacial score (nSPS) is 13.4. The van der Waals surface area contributed by atoms with E-state index in [0.29, 0.717) is 17.3 Å². The number of carbonyl (C=O) groups excluding carboxylic acids is 1. The summed E-state index contributed by atoms with van der Waals surface area (Å²) in [6, 6.07) is 16.5. The number of likely N-dealkylation sites (N-methyl/N-ethyl adjacent to an activating group) is 1. The van der Waals surface area contributed by atoms with Gasteiger partial charge in [0.15, 0.2) is 6.29 Å². The number of methoxy groups -OCH3 is 1. The zero-order valence-electron chi connectivity index (χ0n) is 23.9. The van der Waals surface area contributed by atoms with Gasteiger partial charge in [0.05, 0.1) is 5.56 Å². The predicted molar refractivity (Wildman–Crippen MR) is 166 cm³/mol. The number of nitrogens with zero attached hydrogens (tertiary/aromatic N) is 4. The fourth-order valence-corrected chi connectivity index (χ4v) is 3.79. The maximum Gasteiger partial charge on any atom is 0.229 e. The van der Waals surface area contributed by atoms with Gasteiger partial charge in [-0.1, -0.05) is 32.9 Å². The molecule has 0 radical (unpaired) electrons. The van der Waals surface area contributed by atoms with Crippen molar-refractivity contribution in [2.45, 2.75) is 33.1 Å². The molecule has 3 aromatic rings. The van der Waals surface area contributed by atoms with Crippen molar-refractivity contribution in [2.75, 3.05) is 62.5 Å². The average Bonchev–Trinajstić information content (AvgIpc) is 2.95. The van der Waals surface area contributed by atoms with Crippen LogP contribution in [0.5, 0.6) is 0 Å². The first-order valence-corrected chi connectivity index (χ1v) is 13.5. The minimum Gasteiger partial charge on any atom is -0.385 e. The molecule has 1 saturated heterocycles. The van der Waals surface area contributed by atoms with Crippen LogP contribution < -0.4 is 20.7 Å². The molecule has 0 aliphatic carbocycles. The number of ether oxygens (including phenoxy) is 1. The van der Waals surface area contributed by atoms with E-state index in [2.05, 4.69) is 105 Å². The van der Waals surface area contributed by atoms with Gasteiger partial charge in [0.25, 0.3) is 0 Å². The van der Waals surface area contributed by atoms with Gasteiger partial charge in [-0.15, -0.1) is 12.8 Å². The Hall–Kier alpha value is -3.18. The lowest BCUT2D eigenvalue weighted by Gasteiger charge is -2.34. The minimum atomic E-state index is 0.0276. The third-order valence-electron chi connectivity index (χ3n) is 6.22. The maximum atomic E-state index is 11.6. The van der Waals surface area contributed by atoms with Crippen LogP contribution in [-0.2, 0) is 10.2 Å². The Kier molecular flexibility index (Phi) is 13.2. The SMILES string of the molecule is CCOC.CN1CCN(c2ccc(Nc3ncc(C=O)c(Nc4cccc(C(C)(C)C)c4)n3)cc2)CC1.NS. The molecule has 39 heavy (non-hydrogen) atoms. The molecule has 0 unspecified atom stereocenters. The molecule has 0 spiro atoms. The van der Waals surface area contributed by atoms with E-state index < -0.39 is 0 Å². The highest BCUT2D eigenvalue weighted by Gasteiger charge is 2.16. The molecule has 0 atom stereocenters. The molecular formula is C29H43N7O2S. The Bertz CT molecular complexity index is 1140. The van der Waals surface area contributed by atoms with Gasteiger partial charge in [-0.2, -0.15) is 4.98 Å². The smallest absolute Gasteiger partial charge is 0.229 e. The number of hydrogen-bond acceptors (Lipinski definition) is 10. The highest BCUT2D eigenvalue weighted by atomic mass is 32.1. The quantitative estimate of drug-likeness (QED) is 0.230. The highest BCUT2D eigenvalue weighted by molar-refractivity contribution is 7.77. The molecule has 10 heteroatoms. The lowest BCUT2D eigenvalue weighted by molar-refractivity contribution is 0.112. The van der Waals surface area contributed by atoms with Crippen molar-refractivity contribution in [2.24, 2.45) is 5.14 Å². The van der Waals surface area contributed by atoms with Crippen LogP contribution in [0.25, 0.3) is 0 Å². The van der Waals surface area contributed by atoms with Crippen LogP contribution in [0.2, 0.25) is 0 Å². The summed E-state index contributed by atoms with van der Waals surface area (Å²) >= 11 is 3.03. The molecule has 0 saturated carbocycles. The summed E-state index contributed by atoms with van der Waals surface area (Å²) in [6.07, 6.45) is 2.31. The first-order chi connectivity index (χ1) is 18.7. The summed E-state index contributed by atoms with van der Waals surface area (Å²) < 4.78 is 4.54. The lowest BCUT2D eigenvalue weighted by atomic mass is 9.87. The van der Waals surface area contributed by atoms with Gasteiger partial charge >= 0.3 is 0 Å². The largest absolute Gasteiger partial charge is 0.385 e. The number of hydrogen-bond donors (Lipinski definition) is 4. The number of aldehydes is 1. The molecule has 2 heterocycles. The standard InChI is InChI=1S/C26H32N6O.C3H8O.H3NS/c1-26(2,3)20-6-5-7-22(16-20)28-24-19(18-33)17-27-25(30-24)29-21-8-10-23(11-9-21)32-14-12-31(4)13-15-32;1-3-4-2;1-2/h5-11,16-18H,12-15H2,1-4H3,(H2,27,28,29,30);3H2,1-2H3;2H,1H2. The molecule has 1 aliphatic rings. The van der Waals surface area contributed by atoms with Gasteiger partial charge in [-0.3, -0.25) is 9.93 Å². The van der Waals surface area contributed by atoms with Crippen LogP contribution in [0.3, 0.4) is 0 Å². The van der Waals surface area contributed by atoms with Gasteiger partial charge in [-0.25, -0.2) is 4.98 Å². The Balaban J connectivity index is 0.000000815. The number of carbonyl (C=O) groups is 1. The van der Waals surface area contributed by atoms with Gasteiger partial charge in [-0.05, 0) is 61.3 Å². The topological polar surface area (TPSA) is 109 Å². The Morgan fingerprint density at radius 2 is 1.67 bits per heavy atom. The molecule has 2 aromatic carbocycles. The highest BCUT2D eigenvalue weighted by Crippen LogP contribution is 2.27. The molecular weight excluding hydrogens is 510 g/mol. The van der Waals surface area contributed by atoms with Crippen LogP contribution in [0.15, 0.2) is 54.7 Å². The number of piperazine rings is 1. The summed E-state index contributed by atoms with van der Waals surface area (Å²) in [4.78, 5) is 25.2. The second-order valence-electron chi connectivity index (χ2n) is 10.1. The Labute approximate surface area is 238 Å². The minimum absolute atomic E-state index is 0.0276. The van der Waals surface area contributed by atoms with Crippen molar-refractivity contribution in [1.29, 1.82) is 0 Å². The van der Waals surface area contributed by atoms with E-state index >= 15 is 0 Å². The van der Waals surface area contributed by atoms with Crippen LogP contribution >= 0.6 is 12.8 Å². The summed E-state index contributed by atoms with van der Waals surface area (Å²) in [5.41, 5.74) is 4.63. The molecule has 1 aromatic heterocycles. The second kappa shape index (κ2) is 16.0. The number of benzene rings is 2. The van der Waals surface area contributed by atoms with E-state index in [1.165, 1.54) is 17.4 Å². The number of nitrogens with two attached hydrogens (primary N) is 1. The average molecular weight is 554 g/mol. The Morgan fingerprint density at radius 1 is 1.03 bits per heavy atom. The fraction of sp³-hybridized carbons (Fsp3) is 0.414. The summed E-state index contributed by atoms with van der Waals surface area (Å²) in [5, 5.41) is 10.7. The lowest BCUT2D eigenvalue weighted by Crippen LogP contribution is -2.44. The van der Waals surface area contributed by atoms with E-state index in [1.54, 1.807) is 7.11 Å². The van der Waals surface area contributed by atoms with Crippen molar-refractivity contribution in [1.82, 2.24) is 14.9 Å². The van der Waals surface area contributed by atoms with Crippen molar-refractivity contribution < 1.29 is 9.53 Å². The van der Waals surface area contributed by atoms with Crippen molar-refractivity contribution in [3.05, 3.63) is 65.9 Å². The molecule has 0 bridgehead atoms. The van der Waals surface area contributed by atoms with Gasteiger partial charge < -0.3 is 25.2 Å². The third kappa shape index (κ3) is 10.1. The Morgan fingerprint density at radius 3 is 2.23 bits per heavy atom. The molecule has 212 valence electrons. The number of rotatable bonds is 7. The van der Waals surface area contributed by atoms with Crippen LogP contribution in [0.1, 0.15) is 43.6 Å². The predicted octanol–water partition coefficient (Wildman–Crippen LogP) is 5.27. The molecule has 1 aliphatic heterocycles. The first kappa shape index (κ1) is 32.0. The van der Waals surface area contributed by atoms with Crippen LogP contribution in [0.4, 0.5) is 28.8 Å². The number of thiol groups is 1. The molecule has 4 rings (SSSR count). The summed E-state index contributed by atoms with van der Waals surface area (Å²) in [6.45, 7) is 13.5. The van der Waals surface area contributed by atoms with E-state index in [1.807, 2.05) is 31.2 Å². The van der Waals surface area contributed by atoms with E-state index in [9.17, 15) is 4.79 Å². The second-order valence-corrected chi connectivity index (χ2v) is 10.1. The van der Waals surface area contributed by atoms with E-state index in [4.69, 9.17) is 0 Å². The van der Waals surface area contributed by atoms with E-state index in [-0.39, 0.29) is 5.41 Å². The first-order valence-electron chi connectivity index (χ1n) is 13.0. The van der Waals surface area contributed by atoms with Crippen molar-refractivity contribution in [3.63, 3.8) is 0 Å². The van der Waals surface area contributed by atoms with Crippen molar-refractivity contribution in [3.8, 4) is 0 Å². The van der Waals surface area contributed by atoms with Gasteiger partial charge in [0, 0.05) is 63.2 Å². The molecule has 0 amide bonds. The zero-order valence-corrected chi connectivity index (χ0v) is 24.8. The zero-order chi connectivity index (χ0) is 28.8. The van der Waals surface area contributed by atoms with Gasteiger partial charge in [0.1, 0.15) is 5.82 Å². The third-order valence-corrected chi connectivity index (χ3v) is 6.22.